The van der Waals surface area contributed by atoms with Gasteiger partial charge in [-0.25, -0.2) is 0 Å². The maximum atomic E-state index is 9.01. The Hall–Kier alpha value is -1.32. The Morgan fingerprint density at radius 3 is 2.36 bits per heavy atom. The predicted octanol–water partition coefficient (Wildman–Crippen LogP) is 0.828. The first kappa shape index (κ1) is 9.25. The second-order valence-corrected chi connectivity index (χ2v) is 3.48. The SMILES string of the molecule is Cc1ccc2ccc(B(O)O)cc2c1. The van der Waals surface area contributed by atoms with Gasteiger partial charge in [0.15, 0.2) is 0 Å². The van der Waals surface area contributed by atoms with E-state index in [0.717, 1.165) is 10.8 Å². The molecule has 2 rings (SSSR count). The molecular weight excluding hydrogens is 175 g/mol. The fourth-order valence-electron chi connectivity index (χ4n) is 1.55. The second kappa shape index (κ2) is 3.44. The van der Waals surface area contributed by atoms with E-state index in [2.05, 4.69) is 0 Å². The summed E-state index contributed by atoms with van der Waals surface area (Å²) in [6.07, 6.45) is 0. The molecule has 2 nitrogen and oxygen atoms in total. The molecule has 2 aromatic rings. The summed E-state index contributed by atoms with van der Waals surface area (Å²) in [7, 11) is -1.39. The maximum absolute atomic E-state index is 9.01. The zero-order chi connectivity index (χ0) is 10.1. The summed E-state index contributed by atoms with van der Waals surface area (Å²) in [5.74, 6) is 0. The van der Waals surface area contributed by atoms with Gasteiger partial charge in [-0.3, -0.25) is 0 Å². The van der Waals surface area contributed by atoms with Crippen LogP contribution in [-0.2, 0) is 0 Å². The zero-order valence-electron chi connectivity index (χ0n) is 7.94. The Labute approximate surface area is 83.0 Å². The summed E-state index contributed by atoms with van der Waals surface area (Å²) < 4.78 is 0. The van der Waals surface area contributed by atoms with Crippen molar-refractivity contribution in [3.05, 3.63) is 42.0 Å². The van der Waals surface area contributed by atoms with Crippen molar-refractivity contribution < 1.29 is 10.0 Å². The lowest BCUT2D eigenvalue weighted by Crippen LogP contribution is -2.29. The molecule has 0 atom stereocenters. The number of hydrogen-bond acceptors (Lipinski definition) is 2. The molecule has 0 saturated heterocycles. The highest BCUT2D eigenvalue weighted by molar-refractivity contribution is 6.58. The quantitative estimate of drug-likeness (QED) is 0.647. The van der Waals surface area contributed by atoms with E-state index >= 15 is 0 Å². The third-order valence-corrected chi connectivity index (χ3v) is 2.32. The van der Waals surface area contributed by atoms with Gasteiger partial charge in [-0.2, -0.15) is 0 Å². The van der Waals surface area contributed by atoms with Crippen LogP contribution in [0.15, 0.2) is 36.4 Å². The molecule has 0 spiro atoms. The van der Waals surface area contributed by atoms with Crippen LogP contribution in [-0.4, -0.2) is 17.2 Å². The van der Waals surface area contributed by atoms with E-state index in [9.17, 15) is 0 Å². The summed E-state index contributed by atoms with van der Waals surface area (Å²) >= 11 is 0. The van der Waals surface area contributed by atoms with Crippen molar-refractivity contribution in [1.29, 1.82) is 0 Å². The number of hydrogen-bond donors (Lipinski definition) is 2. The molecule has 14 heavy (non-hydrogen) atoms. The Balaban J connectivity index is 2.63. The first-order chi connectivity index (χ1) is 6.66. The van der Waals surface area contributed by atoms with E-state index in [1.54, 1.807) is 12.1 Å². The summed E-state index contributed by atoms with van der Waals surface area (Å²) in [6.45, 7) is 2.02. The van der Waals surface area contributed by atoms with Crippen molar-refractivity contribution >= 4 is 23.4 Å². The Bertz CT molecular complexity index is 466. The lowest BCUT2D eigenvalue weighted by Gasteiger charge is -2.03. The monoisotopic (exact) mass is 186 g/mol. The second-order valence-electron chi connectivity index (χ2n) is 3.48. The molecule has 0 saturated carbocycles. The van der Waals surface area contributed by atoms with E-state index in [1.807, 2.05) is 31.2 Å². The molecule has 2 aromatic carbocycles. The van der Waals surface area contributed by atoms with Gasteiger partial charge >= 0.3 is 7.12 Å². The van der Waals surface area contributed by atoms with Gasteiger partial charge in [0.2, 0.25) is 0 Å². The van der Waals surface area contributed by atoms with E-state index < -0.39 is 7.12 Å². The fraction of sp³-hybridized carbons (Fsp3) is 0.0909. The Morgan fingerprint density at radius 1 is 0.929 bits per heavy atom. The molecule has 0 aliphatic heterocycles. The van der Waals surface area contributed by atoms with Gasteiger partial charge in [-0.1, -0.05) is 42.0 Å². The van der Waals surface area contributed by atoms with Gasteiger partial charge in [0, 0.05) is 0 Å². The smallest absolute Gasteiger partial charge is 0.423 e. The number of rotatable bonds is 1. The molecule has 70 valence electrons. The molecule has 0 unspecified atom stereocenters. The first-order valence-corrected chi connectivity index (χ1v) is 4.53. The molecule has 0 aliphatic carbocycles. The van der Waals surface area contributed by atoms with Crippen LogP contribution in [0.5, 0.6) is 0 Å². The Kier molecular flexibility index (Phi) is 2.27. The molecule has 0 bridgehead atoms. The van der Waals surface area contributed by atoms with Crippen LogP contribution < -0.4 is 5.46 Å². The van der Waals surface area contributed by atoms with E-state index in [4.69, 9.17) is 10.0 Å². The summed E-state index contributed by atoms with van der Waals surface area (Å²) in [6, 6.07) is 11.5. The predicted molar refractivity (Wildman–Crippen MR) is 58.5 cm³/mol. The standard InChI is InChI=1S/C11H11BO2/c1-8-2-3-9-4-5-11(12(13)14)7-10(9)6-8/h2-7,13-14H,1H3. The lowest BCUT2D eigenvalue weighted by molar-refractivity contribution is 0.426. The van der Waals surface area contributed by atoms with Crippen molar-refractivity contribution in [2.24, 2.45) is 0 Å². The topological polar surface area (TPSA) is 40.5 Å². The maximum Gasteiger partial charge on any atom is 0.488 e. The van der Waals surface area contributed by atoms with Crippen molar-refractivity contribution in [2.75, 3.05) is 0 Å². The van der Waals surface area contributed by atoms with Gasteiger partial charge in [0.05, 0.1) is 0 Å². The molecule has 2 N–H and O–H groups in total. The highest BCUT2D eigenvalue weighted by Crippen LogP contribution is 2.14. The molecule has 0 heterocycles. The van der Waals surface area contributed by atoms with E-state index in [-0.39, 0.29) is 0 Å². The van der Waals surface area contributed by atoms with Gasteiger partial charge in [-0.05, 0) is 23.2 Å². The van der Waals surface area contributed by atoms with Gasteiger partial charge < -0.3 is 10.0 Å². The van der Waals surface area contributed by atoms with Crippen LogP contribution >= 0.6 is 0 Å². The minimum atomic E-state index is -1.39. The number of fused-ring (bicyclic) bond motifs is 1. The summed E-state index contributed by atoms with van der Waals surface area (Å²) in [5, 5.41) is 20.2. The third-order valence-electron chi connectivity index (χ3n) is 2.32. The summed E-state index contributed by atoms with van der Waals surface area (Å²) in [5.41, 5.74) is 1.70. The van der Waals surface area contributed by atoms with Crippen molar-refractivity contribution in [1.82, 2.24) is 0 Å². The van der Waals surface area contributed by atoms with Crippen molar-refractivity contribution in [3.63, 3.8) is 0 Å². The Morgan fingerprint density at radius 2 is 1.64 bits per heavy atom. The first-order valence-electron chi connectivity index (χ1n) is 4.53. The van der Waals surface area contributed by atoms with Crippen molar-refractivity contribution in [2.45, 2.75) is 6.92 Å². The molecule has 0 aromatic heterocycles. The van der Waals surface area contributed by atoms with Crippen LogP contribution in [0.1, 0.15) is 5.56 Å². The highest BCUT2D eigenvalue weighted by atomic mass is 16.4. The molecular formula is C11H11BO2. The van der Waals surface area contributed by atoms with Crippen LogP contribution in [0.25, 0.3) is 10.8 Å². The lowest BCUT2D eigenvalue weighted by atomic mass is 9.79. The van der Waals surface area contributed by atoms with Gasteiger partial charge in [-0.15, -0.1) is 0 Å². The largest absolute Gasteiger partial charge is 0.488 e. The van der Waals surface area contributed by atoms with Crippen LogP contribution in [0.2, 0.25) is 0 Å². The molecule has 0 amide bonds. The minimum absolute atomic E-state index is 0.531. The van der Waals surface area contributed by atoms with E-state index in [1.165, 1.54) is 5.56 Å². The van der Waals surface area contributed by atoms with Crippen LogP contribution in [0.3, 0.4) is 0 Å². The molecule has 0 aliphatic rings. The number of benzene rings is 2. The minimum Gasteiger partial charge on any atom is -0.423 e. The average Bonchev–Trinajstić information content (AvgIpc) is 2.16. The number of aryl methyl sites for hydroxylation is 1. The van der Waals surface area contributed by atoms with Gasteiger partial charge in [0.25, 0.3) is 0 Å². The summed E-state index contributed by atoms with van der Waals surface area (Å²) in [4.78, 5) is 0. The normalized spacial score (nSPS) is 10.5. The third kappa shape index (κ3) is 1.64. The van der Waals surface area contributed by atoms with Crippen molar-refractivity contribution in [3.8, 4) is 0 Å². The van der Waals surface area contributed by atoms with E-state index in [0.29, 0.717) is 5.46 Å². The van der Waals surface area contributed by atoms with Crippen LogP contribution in [0, 0.1) is 6.92 Å². The van der Waals surface area contributed by atoms with Crippen LogP contribution in [0.4, 0.5) is 0 Å². The average molecular weight is 186 g/mol. The fourth-order valence-corrected chi connectivity index (χ4v) is 1.55. The molecule has 3 heteroatoms. The molecule has 0 fully saturated rings. The zero-order valence-corrected chi connectivity index (χ0v) is 7.94. The van der Waals surface area contributed by atoms with Gasteiger partial charge in [0.1, 0.15) is 0 Å². The highest BCUT2D eigenvalue weighted by Gasteiger charge is 2.10. The molecule has 0 radical (unpaired) electrons.